The van der Waals surface area contributed by atoms with Gasteiger partial charge in [0.2, 0.25) is 11.8 Å². The van der Waals surface area contributed by atoms with Crippen molar-refractivity contribution in [1.29, 1.82) is 0 Å². The number of carbonyl (C=O) groups excluding carboxylic acids is 3. The highest BCUT2D eigenvalue weighted by Gasteiger charge is 2.32. The minimum absolute atomic E-state index is 0.00404. The van der Waals surface area contributed by atoms with Crippen LogP contribution in [0.4, 0.5) is 4.79 Å². The molecule has 0 saturated carbocycles. The molecule has 0 aliphatic carbocycles. The van der Waals surface area contributed by atoms with E-state index in [0.717, 1.165) is 25.7 Å². The van der Waals surface area contributed by atoms with Crippen molar-refractivity contribution in [2.75, 3.05) is 45.9 Å². The first kappa shape index (κ1) is 19.5. The van der Waals surface area contributed by atoms with Crippen molar-refractivity contribution in [2.24, 2.45) is 5.92 Å². The molecule has 2 aliphatic heterocycles. The molecule has 25 heavy (non-hydrogen) atoms. The standard InChI is InChI=1S/C18H31N3O4/c1-3-5-6-16(22)19-9-7-15(8-10-19)17(23)20-11-13-21(14-12-20)18(24)25-4-2/h15H,3-14H2,1-2H3. The van der Waals surface area contributed by atoms with Crippen LogP contribution in [-0.4, -0.2) is 78.5 Å². The maximum atomic E-state index is 12.7. The minimum atomic E-state index is -0.298. The van der Waals surface area contributed by atoms with Crippen molar-refractivity contribution >= 4 is 17.9 Å². The molecule has 0 N–H and O–H groups in total. The second-order valence-electron chi connectivity index (χ2n) is 6.77. The minimum Gasteiger partial charge on any atom is -0.450 e. The largest absolute Gasteiger partial charge is 0.450 e. The van der Waals surface area contributed by atoms with E-state index in [0.29, 0.717) is 52.3 Å². The van der Waals surface area contributed by atoms with Crippen molar-refractivity contribution < 1.29 is 19.1 Å². The predicted molar refractivity (Wildman–Crippen MR) is 94.0 cm³/mol. The number of hydrogen-bond acceptors (Lipinski definition) is 4. The number of rotatable bonds is 5. The molecule has 0 spiro atoms. The van der Waals surface area contributed by atoms with Crippen molar-refractivity contribution in [1.82, 2.24) is 14.7 Å². The Bertz CT molecular complexity index is 467. The number of nitrogens with zero attached hydrogens (tertiary/aromatic N) is 3. The van der Waals surface area contributed by atoms with Crippen LogP contribution < -0.4 is 0 Å². The Labute approximate surface area is 150 Å². The number of likely N-dealkylation sites (tertiary alicyclic amines) is 1. The monoisotopic (exact) mass is 353 g/mol. The lowest BCUT2D eigenvalue weighted by Crippen LogP contribution is -2.53. The normalized spacial score (nSPS) is 19.0. The molecule has 2 heterocycles. The summed E-state index contributed by atoms with van der Waals surface area (Å²) in [5, 5.41) is 0. The van der Waals surface area contributed by atoms with E-state index >= 15 is 0 Å². The van der Waals surface area contributed by atoms with E-state index in [9.17, 15) is 14.4 Å². The Morgan fingerprint density at radius 1 is 0.880 bits per heavy atom. The molecule has 7 heteroatoms. The Kier molecular flexibility index (Phi) is 7.52. The summed E-state index contributed by atoms with van der Waals surface area (Å²) in [5.74, 6) is 0.393. The average molecular weight is 353 g/mol. The zero-order valence-electron chi connectivity index (χ0n) is 15.5. The fraction of sp³-hybridized carbons (Fsp3) is 0.833. The Balaban J connectivity index is 1.74. The number of amides is 3. The van der Waals surface area contributed by atoms with E-state index in [-0.39, 0.29) is 23.8 Å². The number of piperazine rings is 1. The molecule has 2 aliphatic rings. The molecule has 0 aromatic carbocycles. The summed E-state index contributed by atoms with van der Waals surface area (Å²) in [5.41, 5.74) is 0. The number of ether oxygens (including phenoxy) is 1. The van der Waals surface area contributed by atoms with Gasteiger partial charge < -0.3 is 19.4 Å². The zero-order chi connectivity index (χ0) is 18.2. The van der Waals surface area contributed by atoms with Gasteiger partial charge in [0.15, 0.2) is 0 Å². The SMILES string of the molecule is CCCCC(=O)N1CCC(C(=O)N2CCN(C(=O)OCC)CC2)CC1. The van der Waals surface area contributed by atoms with Crippen molar-refractivity contribution in [3.05, 3.63) is 0 Å². The predicted octanol–water partition coefficient (Wildman–Crippen LogP) is 1.72. The molecule has 0 bridgehead atoms. The van der Waals surface area contributed by atoms with Gasteiger partial charge in [-0.25, -0.2) is 4.79 Å². The molecular weight excluding hydrogens is 322 g/mol. The molecule has 7 nitrogen and oxygen atoms in total. The van der Waals surface area contributed by atoms with E-state index in [1.807, 2.05) is 9.80 Å². The summed E-state index contributed by atoms with van der Waals surface area (Å²) < 4.78 is 5.00. The van der Waals surface area contributed by atoms with Gasteiger partial charge in [-0.05, 0) is 26.2 Å². The molecule has 0 aromatic heterocycles. The lowest BCUT2D eigenvalue weighted by atomic mass is 9.94. The topological polar surface area (TPSA) is 70.2 Å². The molecule has 2 saturated heterocycles. The summed E-state index contributed by atoms with van der Waals surface area (Å²) in [6.07, 6.45) is 3.77. The van der Waals surface area contributed by atoms with Gasteiger partial charge in [-0.3, -0.25) is 9.59 Å². The quantitative estimate of drug-likeness (QED) is 0.754. The van der Waals surface area contributed by atoms with E-state index in [1.165, 1.54) is 0 Å². The third-order valence-corrected chi connectivity index (χ3v) is 5.06. The third kappa shape index (κ3) is 5.34. The van der Waals surface area contributed by atoms with Crippen LogP contribution in [0.1, 0.15) is 46.0 Å². The van der Waals surface area contributed by atoms with Crippen molar-refractivity contribution in [3.8, 4) is 0 Å². The number of carbonyl (C=O) groups is 3. The Morgan fingerprint density at radius 2 is 1.48 bits per heavy atom. The first-order valence-corrected chi connectivity index (χ1v) is 9.55. The van der Waals surface area contributed by atoms with Crippen LogP contribution in [-0.2, 0) is 14.3 Å². The molecule has 142 valence electrons. The van der Waals surface area contributed by atoms with Gasteiger partial charge in [-0.15, -0.1) is 0 Å². The highest BCUT2D eigenvalue weighted by Crippen LogP contribution is 2.21. The molecule has 0 radical (unpaired) electrons. The van der Waals surface area contributed by atoms with Gasteiger partial charge in [-0.1, -0.05) is 13.3 Å². The molecule has 2 rings (SSSR count). The summed E-state index contributed by atoms with van der Waals surface area (Å²) in [7, 11) is 0. The van der Waals surface area contributed by atoms with Gasteiger partial charge in [0.05, 0.1) is 6.61 Å². The Morgan fingerprint density at radius 3 is 2.04 bits per heavy atom. The fourth-order valence-corrected chi connectivity index (χ4v) is 3.44. The van der Waals surface area contributed by atoms with E-state index in [4.69, 9.17) is 4.74 Å². The molecule has 0 unspecified atom stereocenters. The van der Waals surface area contributed by atoms with Gasteiger partial charge in [-0.2, -0.15) is 0 Å². The Hall–Kier alpha value is -1.79. The van der Waals surface area contributed by atoms with Crippen LogP contribution in [0, 0.1) is 5.92 Å². The molecule has 0 atom stereocenters. The summed E-state index contributed by atoms with van der Waals surface area (Å²) in [6, 6.07) is 0. The van der Waals surface area contributed by atoms with Gasteiger partial charge in [0.25, 0.3) is 0 Å². The second-order valence-corrected chi connectivity index (χ2v) is 6.77. The first-order chi connectivity index (χ1) is 12.1. The van der Waals surface area contributed by atoms with Crippen molar-refractivity contribution in [2.45, 2.75) is 46.0 Å². The average Bonchev–Trinajstić information content (AvgIpc) is 2.66. The maximum absolute atomic E-state index is 12.7. The van der Waals surface area contributed by atoms with Crippen LogP contribution >= 0.6 is 0 Å². The highest BCUT2D eigenvalue weighted by molar-refractivity contribution is 5.80. The molecule has 2 fully saturated rings. The summed E-state index contributed by atoms with van der Waals surface area (Å²) >= 11 is 0. The summed E-state index contributed by atoms with van der Waals surface area (Å²) in [6.45, 7) is 7.78. The van der Waals surface area contributed by atoms with E-state index in [1.54, 1.807) is 11.8 Å². The van der Waals surface area contributed by atoms with Crippen molar-refractivity contribution in [3.63, 3.8) is 0 Å². The lowest BCUT2D eigenvalue weighted by Gasteiger charge is -2.38. The van der Waals surface area contributed by atoms with E-state index < -0.39 is 0 Å². The smallest absolute Gasteiger partial charge is 0.409 e. The highest BCUT2D eigenvalue weighted by atomic mass is 16.6. The summed E-state index contributed by atoms with van der Waals surface area (Å²) in [4.78, 5) is 41.9. The molecule has 0 aromatic rings. The van der Waals surface area contributed by atoms with Gasteiger partial charge >= 0.3 is 6.09 Å². The number of piperidine rings is 1. The van der Waals surface area contributed by atoms with Crippen LogP contribution in [0.2, 0.25) is 0 Å². The third-order valence-electron chi connectivity index (χ3n) is 5.06. The second kappa shape index (κ2) is 9.63. The first-order valence-electron chi connectivity index (χ1n) is 9.55. The fourth-order valence-electron chi connectivity index (χ4n) is 3.44. The van der Waals surface area contributed by atoms with Crippen LogP contribution in [0.15, 0.2) is 0 Å². The van der Waals surface area contributed by atoms with Gasteiger partial charge in [0, 0.05) is 51.6 Å². The number of hydrogen-bond donors (Lipinski definition) is 0. The maximum Gasteiger partial charge on any atom is 0.409 e. The van der Waals surface area contributed by atoms with Crippen LogP contribution in [0.3, 0.4) is 0 Å². The molecule has 3 amide bonds. The van der Waals surface area contributed by atoms with Gasteiger partial charge in [0.1, 0.15) is 0 Å². The molecular formula is C18H31N3O4. The lowest BCUT2D eigenvalue weighted by molar-refractivity contribution is -0.142. The van der Waals surface area contributed by atoms with Crippen LogP contribution in [0.25, 0.3) is 0 Å². The number of unbranched alkanes of at least 4 members (excludes halogenated alkanes) is 1. The zero-order valence-corrected chi connectivity index (χ0v) is 15.5. The van der Waals surface area contributed by atoms with Crippen LogP contribution in [0.5, 0.6) is 0 Å². The van der Waals surface area contributed by atoms with E-state index in [2.05, 4.69) is 6.92 Å².